The number of halogens is 6. The summed E-state index contributed by atoms with van der Waals surface area (Å²) in [5.41, 5.74) is 5.10. The Morgan fingerprint density at radius 3 is 1.82 bits per heavy atom. The fraction of sp³-hybridized carbons (Fsp3) is 0.556. The van der Waals surface area contributed by atoms with Gasteiger partial charge in [-0.15, -0.1) is 11.3 Å². The molecule has 1 heterocycles. The summed E-state index contributed by atoms with van der Waals surface area (Å²) in [4.78, 5) is 0.487. The molecule has 0 bridgehead atoms. The molecule has 0 aromatic carbocycles. The molecule has 0 saturated carbocycles. The Morgan fingerprint density at radius 2 is 1.53 bits per heavy atom. The highest BCUT2D eigenvalue weighted by molar-refractivity contribution is 7.12. The van der Waals surface area contributed by atoms with Gasteiger partial charge in [0, 0.05) is 9.75 Å². The average Bonchev–Trinajstić information content (AvgIpc) is 2.45. The van der Waals surface area contributed by atoms with Gasteiger partial charge in [0.1, 0.15) is 0 Å². The van der Waals surface area contributed by atoms with Crippen molar-refractivity contribution in [1.82, 2.24) is 0 Å². The third-order valence-electron chi connectivity index (χ3n) is 2.15. The van der Waals surface area contributed by atoms with E-state index in [0.29, 0.717) is 4.88 Å². The third-order valence-corrected chi connectivity index (χ3v) is 3.26. The maximum Gasteiger partial charge on any atom is 0.402 e. The minimum Gasteiger partial charge on any atom is -0.322 e. The van der Waals surface area contributed by atoms with E-state index in [-0.39, 0.29) is 4.88 Å². The molecule has 0 amide bonds. The molecule has 0 aliphatic carbocycles. The van der Waals surface area contributed by atoms with Crippen molar-refractivity contribution in [2.24, 2.45) is 11.7 Å². The molecule has 0 fully saturated rings. The van der Waals surface area contributed by atoms with Crippen LogP contribution in [0.2, 0.25) is 0 Å². The van der Waals surface area contributed by atoms with E-state index in [4.69, 9.17) is 5.73 Å². The van der Waals surface area contributed by atoms with Gasteiger partial charge >= 0.3 is 12.4 Å². The molecule has 8 heteroatoms. The summed E-state index contributed by atoms with van der Waals surface area (Å²) in [5.74, 6) is -3.53. The zero-order valence-electron chi connectivity index (χ0n) is 8.56. The molecule has 0 aliphatic heterocycles. The fourth-order valence-electron chi connectivity index (χ4n) is 1.39. The van der Waals surface area contributed by atoms with Crippen LogP contribution in [0.15, 0.2) is 12.1 Å². The number of hydrogen-bond acceptors (Lipinski definition) is 2. The first-order chi connectivity index (χ1) is 7.53. The minimum absolute atomic E-state index is 0.123. The van der Waals surface area contributed by atoms with Gasteiger partial charge in [-0.1, -0.05) is 0 Å². The van der Waals surface area contributed by atoms with Gasteiger partial charge in [0.25, 0.3) is 0 Å². The monoisotopic (exact) mass is 277 g/mol. The van der Waals surface area contributed by atoms with Crippen LogP contribution in [0.5, 0.6) is 0 Å². The average molecular weight is 277 g/mol. The van der Waals surface area contributed by atoms with E-state index in [0.717, 1.165) is 11.3 Å². The Labute approximate surface area is 97.2 Å². The molecule has 0 spiro atoms. The molecule has 1 aromatic heterocycles. The second-order valence-corrected chi connectivity index (χ2v) is 4.85. The molecule has 98 valence electrons. The highest BCUT2D eigenvalue weighted by Gasteiger charge is 2.59. The second kappa shape index (κ2) is 4.49. The van der Waals surface area contributed by atoms with E-state index in [1.54, 1.807) is 6.92 Å². The summed E-state index contributed by atoms with van der Waals surface area (Å²) in [6.45, 7) is 1.58. The first-order valence-electron chi connectivity index (χ1n) is 4.49. The van der Waals surface area contributed by atoms with Gasteiger partial charge in [-0.25, -0.2) is 0 Å². The van der Waals surface area contributed by atoms with Gasteiger partial charge in [0.2, 0.25) is 0 Å². The summed E-state index contributed by atoms with van der Waals surface area (Å²) < 4.78 is 74.2. The van der Waals surface area contributed by atoms with Crippen LogP contribution in [0.25, 0.3) is 0 Å². The van der Waals surface area contributed by atoms with Crippen molar-refractivity contribution in [3.05, 3.63) is 21.9 Å². The summed E-state index contributed by atoms with van der Waals surface area (Å²) >= 11 is 0.831. The lowest BCUT2D eigenvalue weighted by Crippen LogP contribution is -2.43. The maximum atomic E-state index is 12.4. The Bertz CT molecular complexity index is 366. The molecule has 1 atom stereocenters. The van der Waals surface area contributed by atoms with E-state index in [1.165, 1.54) is 12.1 Å². The maximum absolute atomic E-state index is 12.4. The molecule has 0 radical (unpaired) electrons. The highest BCUT2D eigenvalue weighted by atomic mass is 32.1. The van der Waals surface area contributed by atoms with Gasteiger partial charge in [-0.3, -0.25) is 0 Å². The van der Waals surface area contributed by atoms with E-state index in [9.17, 15) is 26.3 Å². The Hall–Kier alpha value is -0.760. The van der Waals surface area contributed by atoms with Crippen LogP contribution >= 0.6 is 11.3 Å². The smallest absolute Gasteiger partial charge is 0.322 e. The second-order valence-electron chi connectivity index (χ2n) is 3.54. The molecule has 1 unspecified atom stereocenters. The van der Waals surface area contributed by atoms with Crippen molar-refractivity contribution in [2.75, 3.05) is 0 Å². The van der Waals surface area contributed by atoms with Gasteiger partial charge in [-0.2, -0.15) is 26.3 Å². The van der Waals surface area contributed by atoms with Crippen LogP contribution in [0.4, 0.5) is 26.3 Å². The van der Waals surface area contributed by atoms with Crippen LogP contribution in [0.3, 0.4) is 0 Å². The summed E-state index contributed by atoms with van der Waals surface area (Å²) in [7, 11) is 0. The number of hydrogen-bond donors (Lipinski definition) is 1. The molecule has 0 saturated heterocycles. The van der Waals surface area contributed by atoms with Crippen LogP contribution in [0, 0.1) is 12.8 Å². The Balaban J connectivity index is 3.08. The van der Waals surface area contributed by atoms with Crippen molar-refractivity contribution in [3.63, 3.8) is 0 Å². The first-order valence-corrected chi connectivity index (χ1v) is 5.30. The lowest BCUT2D eigenvalue weighted by molar-refractivity contribution is -0.290. The molecular formula is C9H9F6NS. The van der Waals surface area contributed by atoms with Crippen LogP contribution in [0.1, 0.15) is 15.8 Å². The van der Waals surface area contributed by atoms with Crippen molar-refractivity contribution >= 4 is 11.3 Å². The summed E-state index contributed by atoms with van der Waals surface area (Å²) in [6, 6.07) is 0.507. The molecule has 1 nitrogen and oxygen atoms in total. The topological polar surface area (TPSA) is 26.0 Å². The minimum atomic E-state index is -5.41. The molecule has 1 aromatic rings. The van der Waals surface area contributed by atoms with E-state index in [1.807, 2.05) is 0 Å². The van der Waals surface area contributed by atoms with Crippen LogP contribution in [-0.2, 0) is 0 Å². The van der Waals surface area contributed by atoms with Crippen molar-refractivity contribution < 1.29 is 26.3 Å². The van der Waals surface area contributed by atoms with E-state index in [2.05, 4.69) is 0 Å². The van der Waals surface area contributed by atoms with E-state index >= 15 is 0 Å². The number of rotatable bonds is 2. The van der Waals surface area contributed by atoms with Crippen molar-refractivity contribution in [1.29, 1.82) is 0 Å². The fourth-order valence-corrected chi connectivity index (χ4v) is 2.31. The Morgan fingerprint density at radius 1 is 1.06 bits per heavy atom. The van der Waals surface area contributed by atoms with Crippen molar-refractivity contribution in [2.45, 2.75) is 25.3 Å². The lowest BCUT2D eigenvalue weighted by atomic mass is 9.98. The van der Waals surface area contributed by atoms with E-state index < -0.39 is 24.3 Å². The van der Waals surface area contributed by atoms with Gasteiger partial charge in [0.15, 0.2) is 5.92 Å². The first kappa shape index (κ1) is 14.3. The largest absolute Gasteiger partial charge is 0.402 e. The normalized spacial score (nSPS) is 15.4. The predicted octanol–water partition coefficient (Wildman–Crippen LogP) is 3.80. The summed E-state index contributed by atoms with van der Waals surface area (Å²) in [6.07, 6.45) is -10.8. The predicted molar refractivity (Wildman–Crippen MR) is 51.6 cm³/mol. The number of alkyl halides is 6. The van der Waals surface area contributed by atoms with Gasteiger partial charge in [-0.05, 0) is 19.1 Å². The third kappa shape index (κ3) is 3.35. The lowest BCUT2D eigenvalue weighted by Gasteiger charge is -2.27. The molecule has 1 rings (SSSR count). The Kier molecular flexibility index (Phi) is 3.78. The molecule has 2 N–H and O–H groups in total. The van der Waals surface area contributed by atoms with Crippen molar-refractivity contribution in [3.8, 4) is 0 Å². The molecule has 0 aliphatic rings. The zero-order valence-corrected chi connectivity index (χ0v) is 9.38. The number of thiophene rings is 1. The standard InChI is InChI=1S/C9H9F6NS/c1-4-2-3-5(17-4)6(16)7(8(10,11)12)9(13,14)15/h2-3,6-7H,16H2,1H3. The molecular weight excluding hydrogens is 268 g/mol. The summed E-state index contributed by atoms with van der Waals surface area (Å²) in [5, 5.41) is 0. The number of nitrogens with two attached hydrogens (primary N) is 1. The number of aryl methyl sites for hydroxylation is 1. The zero-order chi connectivity index (χ0) is 13.4. The van der Waals surface area contributed by atoms with Crippen LogP contribution < -0.4 is 5.73 Å². The quantitative estimate of drug-likeness (QED) is 0.818. The highest BCUT2D eigenvalue weighted by Crippen LogP contribution is 2.46. The SMILES string of the molecule is Cc1ccc(C(N)C(C(F)(F)F)C(F)(F)F)s1. The van der Waals surface area contributed by atoms with Gasteiger partial charge in [0.05, 0.1) is 6.04 Å². The van der Waals surface area contributed by atoms with Gasteiger partial charge < -0.3 is 5.73 Å². The molecule has 17 heavy (non-hydrogen) atoms. The van der Waals surface area contributed by atoms with Crippen LogP contribution in [-0.4, -0.2) is 12.4 Å².